The van der Waals surface area contributed by atoms with E-state index in [0.29, 0.717) is 0 Å². The van der Waals surface area contributed by atoms with Crippen molar-refractivity contribution in [1.29, 1.82) is 0 Å². The molecule has 1 aliphatic carbocycles. The SMILES string of the molecule is O=C(COC(=O)c1occc1CS(=O)(=O)c1ccccc1)NC1CCCCCCC1. The fourth-order valence-electron chi connectivity index (χ4n) is 3.61. The molecule has 0 aliphatic heterocycles. The van der Waals surface area contributed by atoms with Crippen LogP contribution in [0.4, 0.5) is 0 Å². The molecule has 1 heterocycles. The van der Waals surface area contributed by atoms with E-state index in [2.05, 4.69) is 5.32 Å². The largest absolute Gasteiger partial charge is 0.457 e. The number of nitrogens with one attached hydrogen (secondary N) is 1. The number of furan rings is 1. The fourth-order valence-corrected chi connectivity index (χ4v) is 4.99. The molecule has 1 fully saturated rings. The van der Waals surface area contributed by atoms with E-state index in [-0.39, 0.29) is 28.2 Å². The summed E-state index contributed by atoms with van der Waals surface area (Å²) in [6.45, 7) is -0.430. The molecule has 7 nitrogen and oxygen atoms in total. The van der Waals surface area contributed by atoms with Crippen molar-refractivity contribution in [1.82, 2.24) is 5.32 Å². The molecule has 1 aromatic carbocycles. The number of hydrogen-bond donors (Lipinski definition) is 1. The molecule has 1 amide bonds. The zero-order chi connectivity index (χ0) is 21.4. The Morgan fingerprint density at radius 2 is 1.67 bits per heavy atom. The van der Waals surface area contributed by atoms with Gasteiger partial charge in [0, 0.05) is 11.6 Å². The van der Waals surface area contributed by atoms with E-state index < -0.39 is 28.2 Å². The van der Waals surface area contributed by atoms with Gasteiger partial charge < -0.3 is 14.5 Å². The van der Waals surface area contributed by atoms with E-state index in [1.165, 1.54) is 43.7 Å². The van der Waals surface area contributed by atoms with Crippen LogP contribution in [0, 0.1) is 0 Å². The van der Waals surface area contributed by atoms with E-state index in [9.17, 15) is 18.0 Å². The molecule has 0 bridgehead atoms. The summed E-state index contributed by atoms with van der Waals surface area (Å²) in [5.74, 6) is -1.81. The van der Waals surface area contributed by atoms with Crippen LogP contribution in [0.2, 0.25) is 0 Å². The van der Waals surface area contributed by atoms with Crippen molar-refractivity contribution in [3.63, 3.8) is 0 Å². The Morgan fingerprint density at radius 3 is 2.37 bits per heavy atom. The van der Waals surface area contributed by atoms with Gasteiger partial charge in [-0.25, -0.2) is 13.2 Å². The van der Waals surface area contributed by atoms with Crippen LogP contribution in [0.3, 0.4) is 0 Å². The molecule has 1 aliphatic rings. The van der Waals surface area contributed by atoms with Crippen LogP contribution < -0.4 is 5.32 Å². The monoisotopic (exact) mass is 433 g/mol. The van der Waals surface area contributed by atoms with Crippen molar-refractivity contribution in [2.24, 2.45) is 0 Å². The first kappa shape index (κ1) is 22.1. The average molecular weight is 434 g/mol. The third-order valence-electron chi connectivity index (χ3n) is 5.18. The van der Waals surface area contributed by atoms with Crippen molar-refractivity contribution >= 4 is 21.7 Å². The first-order valence-corrected chi connectivity index (χ1v) is 11.9. The predicted octanol–water partition coefficient (Wildman–Crippen LogP) is 3.64. The second-order valence-electron chi connectivity index (χ2n) is 7.53. The molecule has 0 unspecified atom stereocenters. The third-order valence-corrected chi connectivity index (χ3v) is 6.87. The number of carbonyl (C=O) groups excluding carboxylic acids is 2. The molecule has 0 spiro atoms. The Kier molecular flexibility index (Phi) is 7.68. The van der Waals surface area contributed by atoms with Crippen molar-refractivity contribution in [3.8, 4) is 0 Å². The van der Waals surface area contributed by atoms with Crippen molar-refractivity contribution in [2.75, 3.05) is 6.61 Å². The normalized spacial score (nSPS) is 15.7. The molecular weight excluding hydrogens is 406 g/mol. The number of ether oxygens (including phenoxy) is 1. The van der Waals surface area contributed by atoms with E-state index in [1.54, 1.807) is 18.2 Å². The number of rotatable bonds is 7. The molecule has 1 N–H and O–H groups in total. The Balaban J connectivity index is 1.55. The van der Waals surface area contributed by atoms with Crippen LogP contribution in [0.15, 0.2) is 52.0 Å². The number of amides is 1. The molecule has 0 radical (unpaired) electrons. The first-order valence-electron chi connectivity index (χ1n) is 10.3. The van der Waals surface area contributed by atoms with Gasteiger partial charge in [0.05, 0.1) is 16.9 Å². The van der Waals surface area contributed by atoms with Gasteiger partial charge in [-0.05, 0) is 31.0 Å². The van der Waals surface area contributed by atoms with Crippen molar-refractivity contribution in [2.45, 2.75) is 61.6 Å². The second-order valence-corrected chi connectivity index (χ2v) is 9.52. The maximum Gasteiger partial charge on any atom is 0.375 e. The zero-order valence-corrected chi connectivity index (χ0v) is 17.7. The number of esters is 1. The topological polar surface area (TPSA) is 103 Å². The van der Waals surface area contributed by atoms with Crippen LogP contribution in [0.1, 0.15) is 61.1 Å². The first-order chi connectivity index (χ1) is 14.5. The van der Waals surface area contributed by atoms with Crippen LogP contribution >= 0.6 is 0 Å². The Morgan fingerprint density at radius 1 is 1.00 bits per heavy atom. The lowest BCUT2D eigenvalue weighted by Crippen LogP contribution is -2.38. The molecule has 1 saturated carbocycles. The highest BCUT2D eigenvalue weighted by Crippen LogP contribution is 2.21. The minimum atomic E-state index is -3.64. The molecule has 1 aromatic heterocycles. The molecule has 0 atom stereocenters. The number of hydrogen-bond acceptors (Lipinski definition) is 6. The van der Waals surface area contributed by atoms with Gasteiger partial charge >= 0.3 is 5.97 Å². The maximum atomic E-state index is 12.6. The van der Waals surface area contributed by atoms with Gasteiger partial charge in [0.15, 0.2) is 16.4 Å². The molecule has 30 heavy (non-hydrogen) atoms. The molecule has 0 saturated heterocycles. The Bertz CT molecular complexity index is 943. The molecular formula is C22H27NO6S. The van der Waals surface area contributed by atoms with Crippen LogP contribution in [-0.2, 0) is 25.1 Å². The summed E-state index contributed by atoms with van der Waals surface area (Å²) >= 11 is 0. The van der Waals surface area contributed by atoms with E-state index in [4.69, 9.17) is 9.15 Å². The number of carbonyl (C=O) groups is 2. The summed E-state index contributed by atoms with van der Waals surface area (Å²) in [7, 11) is -3.64. The minimum absolute atomic E-state index is 0.103. The summed E-state index contributed by atoms with van der Waals surface area (Å²) in [6, 6.07) is 9.50. The van der Waals surface area contributed by atoms with Crippen molar-refractivity contribution in [3.05, 3.63) is 54.0 Å². The summed E-state index contributed by atoms with van der Waals surface area (Å²) < 4.78 is 35.3. The zero-order valence-electron chi connectivity index (χ0n) is 16.8. The van der Waals surface area contributed by atoms with Crippen LogP contribution in [0.5, 0.6) is 0 Å². The van der Waals surface area contributed by atoms with Gasteiger partial charge in [0.25, 0.3) is 5.91 Å². The van der Waals surface area contributed by atoms with Crippen LogP contribution in [-0.4, -0.2) is 32.9 Å². The van der Waals surface area contributed by atoms with Gasteiger partial charge in [-0.1, -0.05) is 50.3 Å². The van der Waals surface area contributed by atoms with E-state index in [1.807, 2.05) is 0 Å². The lowest BCUT2D eigenvalue weighted by Gasteiger charge is -2.20. The predicted molar refractivity (Wildman–Crippen MR) is 111 cm³/mol. The van der Waals surface area contributed by atoms with Gasteiger partial charge in [-0.2, -0.15) is 0 Å². The highest BCUT2D eigenvalue weighted by molar-refractivity contribution is 7.90. The summed E-state index contributed by atoms with van der Waals surface area (Å²) in [6.07, 6.45) is 8.85. The van der Waals surface area contributed by atoms with Gasteiger partial charge in [0.2, 0.25) is 5.76 Å². The lowest BCUT2D eigenvalue weighted by molar-refractivity contribution is -0.125. The molecule has 8 heteroatoms. The second kappa shape index (κ2) is 10.4. The molecule has 162 valence electrons. The summed E-state index contributed by atoms with van der Waals surface area (Å²) in [4.78, 5) is 24.7. The van der Waals surface area contributed by atoms with Gasteiger partial charge in [-0.3, -0.25) is 4.79 Å². The number of benzene rings is 1. The summed E-state index contributed by atoms with van der Waals surface area (Å²) in [5.41, 5.74) is 0.198. The van der Waals surface area contributed by atoms with E-state index in [0.717, 1.165) is 25.7 Å². The summed E-state index contributed by atoms with van der Waals surface area (Å²) in [5, 5.41) is 2.92. The third kappa shape index (κ3) is 6.19. The highest BCUT2D eigenvalue weighted by atomic mass is 32.2. The van der Waals surface area contributed by atoms with E-state index >= 15 is 0 Å². The van der Waals surface area contributed by atoms with Gasteiger partial charge in [-0.15, -0.1) is 0 Å². The smallest absolute Gasteiger partial charge is 0.375 e. The van der Waals surface area contributed by atoms with Crippen LogP contribution in [0.25, 0.3) is 0 Å². The van der Waals surface area contributed by atoms with Crippen molar-refractivity contribution < 1.29 is 27.2 Å². The van der Waals surface area contributed by atoms with Gasteiger partial charge in [0.1, 0.15) is 0 Å². The molecule has 3 rings (SSSR count). The molecule has 2 aromatic rings. The number of sulfone groups is 1. The fraction of sp³-hybridized carbons (Fsp3) is 0.455. The maximum absolute atomic E-state index is 12.6. The quantitative estimate of drug-likeness (QED) is 0.669. The standard InChI is InChI=1S/C22H27NO6S/c24-20(23-18-9-5-2-1-3-6-10-18)15-29-22(25)21-17(13-14-28-21)16-30(26,27)19-11-7-4-8-12-19/h4,7-8,11-14,18H,1-3,5-6,9-10,15-16H2,(H,23,24). The highest BCUT2D eigenvalue weighted by Gasteiger charge is 2.24. The Labute approximate surface area is 176 Å². The Hall–Kier alpha value is -2.61. The minimum Gasteiger partial charge on any atom is -0.457 e. The average Bonchev–Trinajstić information content (AvgIpc) is 3.16. The lowest BCUT2D eigenvalue weighted by atomic mass is 9.97.